The van der Waals surface area contributed by atoms with Gasteiger partial charge in [0.25, 0.3) is 0 Å². The zero-order valence-corrected chi connectivity index (χ0v) is 16.0. The number of carbonyl (C=O) groups excluding carboxylic acids is 2. The van der Waals surface area contributed by atoms with E-state index >= 15 is 0 Å². The summed E-state index contributed by atoms with van der Waals surface area (Å²) in [6, 6.07) is 20.4. The second-order valence-corrected chi connectivity index (χ2v) is 6.26. The van der Waals surface area contributed by atoms with Crippen molar-refractivity contribution in [2.24, 2.45) is 0 Å². The molecule has 3 aromatic carbocycles. The summed E-state index contributed by atoms with van der Waals surface area (Å²) in [6.07, 6.45) is -0.641. The second kappa shape index (κ2) is 9.41. The molecule has 0 aliphatic rings. The van der Waals surface area contributed by atoms with E-state index in [0.29, 0.717) is 22.8 Å². The standard InChI is InChI=1S/C23H21NO5/c1-16(2)22(25)27-15-14-24-23(26)29-21-13-7-10-18-19(21)11-6-12-20(18)28-17-8-4-3-5-9-17/h3-13H,1,14-15H2,2H3,(H,24,26). The van der Waals surface area contributed by atoms with Crippen molar-refractivity contribution in [1.29, 1.82) is 0 Å². The molecule has 1 amide bonds. The largest absolute Gasteiger partial charge is 0.460 e. The molecule has 3 aromatic rings. The Kier molecular flexibility index (Phi) is 6.47. The van der Waals surface area contributed by atoms with Crippen molar-refractivity contribution in [2.75, 3.05) is 13.2 Å². The molecule has 0 atom stereocenters. The minimum atomic E-state index is -0.641. The van der Waals surface area contributed by atoms with Gasteiger partial charge in [-0.05, 0) is 31.2 Å². The van der Waals surface area contributed by atoms with Crippen LogP contribution in [0, 0.1) is 0 Å². The Balaban J connectivity index is 1.67. The molecule has 0 aliphatic heterocycles. The molecule has 3 rings (SSSR count). The fourth-order valence-corrected chi connectivity index (χ4v) is 2.60. The van der Waals surface area contributed by atoms with E-state index in [1.54, 1.807) is 19.1 Å². The summed E-state index contributed by atoms with van der Waals surface area (Å²) < 4.78 is 16.3. The number of para-hydroxylation sites is 1. The molecule has 0 unspecified atom stereocenters. The van der Waals surface area contributed by atoms with Gasteiger partial charge in [-0.15, -0.1) is 0 Å². The third-order valence-electron chi connectivity index (χ3n) is 3.97. The lowest BCUT2D eigenvalue weighted by Crippen LogP contribution is -2.30. The zero-order valence-electron chi connectivity index (χ0n) is 16.0. The molecule has 0 aromatic heterocycles. The van der Waals surface area contributed by atoms with Crippen molar-refractivity contribution >= 4 is 22.8 Å². The zero-order chi connectivity index (χ0) is 20.6. The van der Waals surface area contributed by atoms with Crippen LogP contribution in [0.25, 0.3) is 10.8 Å². The van der Waals surface area contributed by atoms with Gasteiger partial charge in [0.2, 0.25) is 0 Å². The average Bonchev–Trinajstić information content (AvgIpc) is 2.72. The molecular formula is C23H21NO5. The molecule has 0 radical (unpaired) electrons. The molecule has 0 spiro atoms. The number of esters is 1. The minimum absolute atomic E-state index is 0.0331. The summed E-state index contributed by atoms with van der Waals surface area (Å²) in [5.41, 5.74) is 0.303. The van der Waals surface area contributed by atoms with Crippen LogP contribution in [-0.4, -0.2) is 25.2 Å². The highest BCUT2D eigenvalue weighted by Crippen LogP contribution is 2.34. The molecule has 6 heteroatoms. The maximum atomic E-state index is 12.1. The molecule has 0 heterocycles. The fraction of sp³-hybridized carbons (Fsp3) is 0.130. The van der Waals surface area contributed by atoms with Crippen LogP contribution >= 0.6 is 0 Å². The number of rotatable bonds is 7. The summed E-state index contributed by atoms with van der Waals surface area (Å²) in [6.45, 7) is 5.21. The van der Waals surface area contributed by atoms with E-state index in [4.69, 9.17) is 14.2 Å². The minimum Gasteiger partial charge on any atom is -0.460 e. The Morgan fingerprint density at radius 3 is 2.24 bits per heavy atom. The predicted octanol–water partition coefficient (Wildman–Crippen LogP) is 4.84. The van der Waals surface area contributed by atoms with Gasteiger partial charge in [-0.1, -0.05) is 49.0 Å². The Morgan fingerprint density at radius 1 is 0.897 bits per heavy atom. The molecule has 0 aliphatic carbocycles. The number of fused-ring (bicyclic) bond motifs is 1. The predicted molar refractivity (Wildman–Crippen MR) is 110 cm³/mol. The van der Waals surface area contributed by atoms with E-state index in [0.717, 1.165) is 10.8 Å². The number of nitrogens with one attached hydrogen (secondary N) is 1. The maximum absolute atomic E-state index is 12.1. The third kappa shape index (κ3) is 5.35. The summed E-state index contributed by atoms with van der Waals surface area (Å²) >= 11 is 0. The van der Waals surface area contributed by atoms with Gasteiger partial charge >= 0.3 is 12.1 Å². The summed E-state index contributed by atoms with van der Waals surface area (Å²) in [7, 11) is 0. The van der Waals surface area contributed by atoms with Crippen molar-refractivity contribution < 1.29 is 23.8 Å². The number of ether oxygens (including phenoxy) is 3. The summed E-state index contributed by atoms with van der Waals surface area (Å²) in [5, 5.41) is 4.10. The van der Waals surface area contributed by atoms with Gasteiger partial charge in [0.1, 0.15) is 23.9 Å². The third-order valence-corrected chi connectivity index (χ3v) is 3.97. The molecule has 148 valence electrons. The van der Waals surface area contributed by atoms with Gasteiger partial charge in [-0.25, -0.2) is 9.59 Å². The van der Waals surface area contributed by atoms with Crippen molar-refractivity contribution in [3.63, 3.8) is 0 Å². The SMILES string of the molecule is C=C(C)C(=O)OCCNC(=O)Oc1cccc2c(Oc3ccccc3)cccc12. The van der Waals surface area contributed by atoms with Crippen LogP contribution in [0.3, 0.4) is 0 Å². The maximum Gasteiger partial charge on any atom is 0.412 e. The molecular weight excluding hydrogens is 370 g/mol. The second-order valence-electron chi connectivity index (χ2n) is 6.26. The Labute approximate surface area is 168 Å². The van der Waals surface area contributed by atoms with E-state index in [1.165, 1.54) is 0 Å². The summed E-state index contributed by atoms with van der Waals surface area (Å²) in [4.78, 5) is 23.4. The van der Waals surface area contributed by atoms with Crippen LogP contribution in [0.1, 0.15) is 6.92 Å². The number of hydrogen-bond donors (Lipinski definition) is 1. The highest BCUT2D eigenvalue weighted by Gasteiger charge is 2.11. The van der Waals surface area contributed by atoms with E-state index < -0.39 is 12.1 Å². The lowest BCUT2D eigenvalue weighted by atomic mass is 10.1. The Morgan fingerprint density at radius 2 is 1.55 bits per heavy atom. The van der Waals surface area contributed by atoms with Crippen LogP contribution < -0.4 is 14.8 Å². The van der Waals surface area contributed by atoms with E-state index in [-0.39, 0.29) is 13.2 Å². The van der Waals surface area contributed by atoms with Gasteiger partial charge < -0.3 is 19.5 Å². The lowest BCUT2D eigenvalue weighted by molar-refractivity contribution is -0.138. The van der Waals surface area contributed by atoms with Crippen molar-refractivity contribution in [3.05, 3.63) is 78.9 Å². The van der Waals surface area contributed by atoms with Crippen molar-refractivity contribution in [3.8, 4) is 17.2 Å². The number of carbonyl (C=O) groups is 2. The van der Waals surface area contributed by atoms with E-state index in [1.807, 2.05) is 54.6 Å². The molecule has 6 nitrogen and oxygen atoms in total. The van der Waals surface area contributed by atoms with Gasteiger partial charge in [0, 0.05) is 16.3 Å². The van der Waals surface area contributed by atoms with Crippen LogP contribution in [0.15, 0.2) is 78.9 Å². The first-order valence-corrected chi connectivity index (χ1v) is 9.07. The molecule has 29 heavy (non-hydrogen) atoms. The first kappa shape index (κ1) is 19.9. The molecule has 0 bridgehead atoms. The molecule has 1 N–H and O–H groups in total. The Hall–Kier alpha value is -3.80. The van der Waals surface area contributed by atoms with Crippen LogP contribution in [0.2, 0.25) is 0 Å². The Bertz CT molecular complexity index is 1030. The van der Waals surface area contributed by atoms with Crippen molar-refractivity contribution in [2.45, 2.75) is 6.92 Å². The topological polar surface area (TPSA) is 73.9 Å². The quantitative estimate of drug-likeness (QED) is 0.354. The number of amides is 1. The smallest absolute Gasteiger partial charge is 0.412 e. The first-order chi connectivity index (χ1) is 14.0. The van der Waals surface area contributed by atoms with Crippen molar-refractivity contribution in [1.82, 2.24) is 5.32 Å². The highest BCUT2D eigenvalue weighted by atomic mass is 16.6. The van der Waals surface area contributed by atoms with Gasteiger partial charge in [-0.3, -0.25) is 0 Å². The average molecular weight is 391 g/mol. The number of benzene rings is 3. The van der Waals surface area contributed by atoms with Gasteiger partial charge in [0.05, 0.1) is 6.54 Å². The van der Waals surface area contributed by atoms with Crippen LogP contribution in [-0.2, 0) is 9.53 Å². The fourth-order valence-electron chi connectivity index (χ4n) is 2.60. The summed E-state index contributed by atoms with van der Waals surface area (Å²) in [5.74, 6) is 1.28. The normalized spacial score (nSPS) is 10.2. The van der Waals surface area contributed by atoms with E-state index in [9.17, 15) is 9.59 Å². The monoisotopic (exact) mass is 391 g/mol. The van der Waals surface area contributed by atoms with Crippen LogP contribution in [0.4, 0.5) is 4.79 Å². The molecule has 0 saturated heterocycles. The lowest BCUT2D eigenvalue weighted by Gasteiger charge is -2.12. The van der Waals surface area contributed by atoms with Gasteiger partial charge in [-0.2, -0.15) is 0 Å². The molecule has 0 fully saturated rings. The van der Waals surface area contributed by atoms with Gasteiger partial charge in [0.15, 0.2) is 0 Å². The number of hydrogen-bond acceptors (Lipinski definition) is 5. The van der Waals surface area contributed by atoms with E-state index in [2.05, 4.69) is 11.9 Å². The first-order valence-electron chi connectivity index (χ1n) is 9.07. The highest BCUT2D eigenvalue weighted by molar-refractivity contribution is 5.94. The van der Waals surface area contributed by atoms with Crippen LogP contribution in [0.5, 0.6) is 17.2 Å². The molecule has 0 saturated carbocycles.